The molecule has 10 nitrogen and oxygen atoms in total. The van der Waals surface area contributed by atoms with Crippen LogP contribution in [0, 0.1) is 5.92 Å². The molecule has 2 amide bonds. The molecule has 170 valence electrons. The molecule has 0 spiro atoms. The van der Waals surface area contributed by atoms with Crippen molar-refractivity contribution in [3.63, 3.8) is 0 Å². The molecule has 0 aromatic heterocycles. The summed E-state index contributed by atoms with van der Waals surface area (Å²) in [6, 6.07) is 6.64. The number of phenols is 1. The molecular formula is C20H32BN5O5. The Balaban J connectivity index is 1.82. The zero-order chi connectivity index (χ0) is 22.6. The lowest BCUT2D eigenvalue weighted by molar-refractivity contribution is -0.125. The maximum Gasteiger partial charge on any atom is 0.549 e. The van der Waals surface area contributed by atoms with Crippen LogP contribution in [-0.2, 0) is 15.9 Å². The molecule has 1 aliphatic rings. The van der Waals surface area contributed by atoms with Gasteiger partial charge in [0.25, 0.3) is 0 Å². The molecule has 1 unspecified atom stereocenters. The molecule has 1 saturated carbocycles. The van der Waals surface area contributed by atoms with E-state index in [1.165, 1.54) is 0 Å². The summed E-state index contributed by atoms with van der Waals surface area (Å²) in [7, 11) is -1.50. The number of nitrogens with one attached hydrogen (secondary N) is 2. The van der Waals surface area contributed by atoms with Crippen LogP contribution in [0.5, 0.6) is 5.75 Å². The quantitative estimate of drug-likeness (QED) is 0.127. The number of benzene rings is 1. The summed E-state index contributed by atoms with van der Waals surface area (Å²) in [6.45, 7) is 0.629. The van der Waals surface area contributed by atoms with Gasteiger partial charge in [-0.3, -0.25) is 9.79 Å². The third-order valence-electron chi connectivity index (χ3n) is 5.21. The lowest BCUT2D eigenvalue weighted by Gasteiger charge is -2.22. The smallest absolute Gasteiger partial charge is 0.508 e. The second kappa shape index (κ2) is 12.7. The monoisotopic (exact) mass is 433 g/mol. The Morgan fingerprint density at radius 2 is 1.90 bits per heavy atom. The Hall–Kier alpha value is -2.95. The second-order valence-electron chi connectivity index (χ2n) is 7.68. The fourth-order valence-corrected chi connectivity index (χ4v) is 3.50. The van der Waals surface area contributed by atoms with Crippen molar-refractivity contribution in [3.05, 3.63) is 29.8 Å². The molecule has 31 heavy (non-hydrogen) atoms. The van der Waals surface area contributed by atoms with Crippen molar-refractivity contribution in [2.24, 2.45) is 22.4 Å². The summed E-state index contributed by atoms with van der Waals surface area (Å²) in [5.74, 6) is -0.836. The fourth-order valence-electron chi connectivity index (χ4n) is 3.50. The Kier molecular flexibility index (Phi) is 9.95. The van der Waals surface area contributed by atoms with Gasteiger partial charge in [0.15, 0.2) is 5.96 Å². The Morgan fingerprint density at radius 1 is 1.23 bits per heavy atom. The van der Waals surface area contributed by atoms with Gasteiger partial charge in [-0.05, 0) is 49.8 Å². The van der Waals surface area contributed by atoms with E-state index in [1.807, 2.05) is 0 Å². The number of nitrogens with two attached hydrogens (primary N) is 2. The van der Waals surface area contributed by atoms with Gasteiger partial charge in [0.1, 0.15) is 5.75 Å². The van der Waals surface area contributed by atoms with Crippen molar-refractivity contribution in [2.45, 2.75) is 50.9 Å². The SMILES string of the molecule is NC(N)=NCCCC(NC(=O)C1CCCC1)B(O)OC(=O)NCCc1ccc(O)cc1. The summed E-state index contributed by atoms with van der Waals surface area (Å²) in [5, 5.41) is 25.1. The van der Waals surface area contributed by atoms with Gasteiger partial charge in [-0.1, -0.05) is 25.0 Å². The van der Waals surface area contributed by atoms with Crippen molar-refractivity contribution in [2.75, 3.05) is 13.1 Å². The van der Waals surface area contributed by atoms with E-state index in [4.69, 9.17) is 16.1 Å². The number of aliphatic imine (C=N–C) groups is 1. The van der Waals surface area contributed by atoms with Gasteiger partial charge >= 0.3 is 13.2 Å². The molecule has 1 fully saturated rings. The van der Waals surface area contributed by atoms with E-state index in [-0.39, 0.29) is 23.5 Å². The average molecular weight is 433 g/mol. The lowest BCUT2D eigenvalue weighted by atomic mass is 9.75. The van der Waals surface area contributed by atoms with Crippen LogP contribution in [0.15, 0.2) is 29.3 Å². The zero-order valence-electron chi connectivity index (χ0n) is 17.6. The first-order valence-corrected chi connectivity index (χ1v) is 10.6. The van der Waals surface area contributed by atoms with Crippen LogP contribution in [0.25, 0.3) is 0 Å². The highest BCUT2D eigenvalue weighted by atomic mass is 16.6. The summed E-state index contributed by atoms with van der Waals surface area (Å²) >= 11 is 0. The van der Waals surface area contributed by atoms with E-state index in [1.54, 1.807) is 24.3 Å². The highest BCUT2D eigenvalue weighted by Crippen LogP contribution is 2.25. The van der Waals surface area contributed by atoms with Gasteiger partial charge in [-0.15, -0.1) is 0 Å². The average Bonchev–Trinajstić information content (AvgIpc) is 3.26. The topological polar surface area (TPSA) is 172 Å². The van der Waals surface area contributed by atoms with Crippen molar-refractivity contribution >= 4 is 25.1 Å². The molecule has 11 heteroatoms. The molecule has 1 aliphatic carbocycles. The number of rotatable bonds is 11. The van der Waals surface area contributed by atoms with Crippen LogP contribution in [-0.4, -0.2) is 54.2 Å². The standard InChI is InChI=1S/C20H32BN5O5/c22-19(23)24-12-3-6-17(26-18(28)15-4-1-2-5-15)21(30)31-20(29)25-13-11-14-7-9-16(27)10-8-14/h7-10,15,17,27,30H,1-6,11-13H2,(H,25,29)(H,26,28)(H4,22,23,24). The van der Waals surface area contributed by atoms with Gasteiger partial charge in [-0.2, -0.15) is 0 Å². The van der Waals surface area contributed by atoms with Crippen LogP contribution in [0.4, 0.5) is 4.79 Å². The van der Waals surface area contributed by atoms with E-state index >= 15 is 0 Å². The molecule has 0 heterocycles. The number of guanidine groups is 1. The van der Waals surface area contributed by atoms with E-state index in [2.05, 4.69) is 15.6 Å². The summed E-state index contributed by atoms with van der Waals surface area (Å²) in [5.41, 5.74) is 11.6. The molecule has 0 saturated heterocycles. The highest BCUT2D eigenvalue weighted by molar-refractivity contribution is 6.47. The summed E-state index contributed by atoms with van der Waals surface area (Å²) < 4.78 is 5.08. The first-order valence-electron chi connectivity index (χ1n) is 10.6. The van der Waals surface area contributed by atoms with Crippen LogP contribution in [0.1, 0.15) is 44.1 Å². The Bertz CT molecular complexity index is 736. The number of hydrogen-bond donors (Lipinski definition) is 6. The number of carbonyl (C=O) groups is 2. The number of hydrogen-bond acceptors (Lipinski definition) is 6. The molecular weight excluding hydrogens is 401 g/mol. The third kappa shape index (κ3) is 9.16. The first kappa shape index (κ1) is 24.3. The number of amides is 2. The molecule has 0 bridgehead atoms. The zero-order valence-corrected chi connectivity index (χ0v) is 17.6. The predicted molar refractivity (Wildman–Crippen MR) is 118 cm³/mol. The van der Waals surface area contributed by atoms with E-state index in [0.717, 1.165) is 31.2 Å². The number of aromatic hydroxyl groups is 1. The minimum Gasteiger partial charge on any atom is -0.508 e. The van der Waals surface area contributed by atoms with Crippen LogP contribution in [0.2, 0.25) is 0 Å². The van der Waals surface area contributed by atoms with Gasteiger partial charge in [0, 0.05) is 19.0 Å². The Labute approximate surface area is 182 Å². The minimum atomic E-state index is -1.50. The maximum absolute atomic E-state index is 12.5. The van der Waals surface area contributed by atoms with Gasteiger partial charge < -0.3 is 36.9 Å². The first-order chi connectivity index (χ1) is 14.8. The number of phenolic OH excluding ortho intramolecular Hbond substituents is 1. The second-order valence-corrected chi connectivity index (χ2v) is 7.68. The fraction of sp³-hybridized carbons (Fsp3) is 0.550. The molecule has 8 N–H and O–H groups in total. The molecule has 1 aromatic rings. The number of carbonyl (C=O) groups excluding carboxylic acids is 2. The molecule has 0 radical (unpaired) electrons. The van der Waals surface area contributed by atoms with Crippen LogP contribution < -0.4 is 22.1 Å². The van der Waals surface area contributed by atoms with E-state index in [0.29, 0.717) is 32.4 Å². The Morgan fingerprint density at radius 3 is 2.55 bits per heavy atom. The lowest BCUT2D eigenvalue weighted by Crippen LogP contribution is -2.51. The largest absolute Gasteiger partial charge is 0.549 e. The predicted octanol–water partition coefficient (Wildman–Crippen LogP) is 0.409. The van der Waals surface area contributed by atoms with Crippen molar-refractivity contribution in [3.8, 4) is 5.75 Å². The van der Waals surface area contributed by atoms with Crippen LogP contribution >= 0.6 is 0 Å². The number of nitrogens with zero attached hydrogens (tertiary/aromatic N) is 1. The normalized spacial score (nSPS) is 14.5. The molecule has 1 atom stereocenters. The highest BCUT2D eigenvalue weighted by Gasteiger charge is 2.34. The van der Waals surface area contributed by atoms with Gasteiger partial charge in [-0.25, -0.2) is 4.79 Å². The summed E-state index contributed by atoms with van der Waals surface area (Å²) in [4.78, 5) is 28.4. The van der Waals surface area contributed by atoms with Gasteiger partial charge in [0.05, 0.1) is 5.94 Å². The maximum atomic E-state index is 12.5. The van der Waals surface area contributed by atoms with Crippen molar-refractivity contribution in [1.29, 1.82) is 0 Å². The summed E-state index contributed by atoms with van der Waals surface area (Å²) in [6.07, 6.45) is 4.25. The molecule has 1 aromatic carbocycles. The van der Waals surface area contributed by atoms with Crippen molar-refractivity contribution < 1.29 is 24.4 Å². The minimum absolute atomic E-state index is 0.0312. The van der Waals surface area contributed by atoms with Crippen molar-refractivity contribution in [1.82, 2.24) is 10.6 Å². The van der Waals surface area contributed by atoms with Crippen LogP contribution in [0.3, 0.4) is 0 Å². The molecule has 0 aliphatic heterocycles. The molecule has 2 rings (SSSR count). The van der Waals surface area contributed by atoms with Gasteiger partial charge in [0.2, 0.25) is 5.91 Å². The van der Waals surface area contributed by atoms with E-state index in [9.17, 15) is 19.7 Å². The third-order valence-corrected chi connectivity index (χ3v) is 5.21. The van der Waals surface area contributed by atoms with E-state index < -0.39 is 19.2 Å².